The summed E-state index contributed by atoms with van der Waals surface area (Å²) in [6.45, 7) is 2.11. The second-order valence-electron chi connectivity index (χ2n) is 4.51. The molecule has 1 aliphatic rings. The normalized spacial score (nSPS) is 20.1. The number of benzene rings is 1. The Morgan fingerprint density at radius 3 is 2.60 bits per heavy atom. The molecular formula is C13H17ClN2O2S2. The maximum atomic E-state index is 12.3. The molecule has 1 heterocycles. The van der Waals surface area contributed by atoms with Gasteiger partial charge in [-0.05, 0) is 36.4 Å². The van der Waals surface area contributed by atoms with Crippen molar-refractivity contribution in [1.82, 2.24) is 0 Å². The number of nitrogens with zero attached hydrogens (tertiary/aromatic N) is 2. The van der Waals surface area contributed by atoms with E-state index in [4.69, 9.17) is 11.6 Å². The summed E-state index contributed by atoms with van der Waals surface area (Å²) in [5.74, 6) is 0.911. The molecule has 0 bridgehead atoms. The zero-order valence-electron chi connectivity index (χ0n) is 11.2. The van der Waals surface area contributed by atoms with Crippen molar-refractivity contribution in [3.63, 3.8) is 0 Å². The number of hydrogen-bond acceptors (Lipinski definition) is 4. The Morgan fingerprint density at radius 1 is 1.25 bits per heavy atom. The van der Waals surface area contributed by atoms with Crippen LogP contribution < -0.4 is 0 Å². The molecule has 20 heavy (non-hydrogen) atoms. The topological polar surface area (TPSA) is 58.9 Å². The molecule has 0 aromatic heterocycles. The van der Waals surface area contributed by atoms with E-state index in [0.717, 1.165) is 18.6 Å². The molecule has 0 radical (unpaired) electrons. The highest BCUT2D eigenvalue weighted by Crippen LogP contribution is 2.31. The summed E-state index contributed by atoms with van der Waals surface area (Å²) in [6.07, 6.45) is 2.15. The van der Waals surface area contributed by atoms with E-state index in [0.29, 0.717) is 10.1 Å². The molecule has 110 valence electrons. The number of thiol groups is 1. The van der Waals surface area contributed by atoms with E-state index in [-0.39, 0.29) is 10.6 Å². The lowest BCUT2D eigenvalue weighted by Crippen LogP contribution is -2.16. The highest BCUT2D eigenvalue weighted by Gasteiger charge is 2.23. The lowest BCUT2D eigenvalue weighted by molar-refractivity contribution is 0.600. The molecule has 0 saturated heterocycles. The van der Waals surface area contributed by atoms with Crippen molar-refractivity contribution in [2.75, 3.05) is 11.5 Å². The fraction of sp³-hybridized carbons (Fsp3) is 0.385. The van der Waals surface area contributed by atoms with Gasteiger partial charge in [-0.25, -0.2) is 8.42 Å². The minimum atomic E-state index is -3.37. The van der Waals surface area contributed by atoms with Crippen molar-refractivity contribution in [3.8, 4) is 0 Å². The molecule has 7 heteroatoms. The average Bonchev–Trinajstić information content (AvgIpc) is 2.83. The average molecular weight is 333 g/mol. The van der Waals surface area contributed by atoms with Crippen LogP contribution in [-0.2, 0) is 9.84 Å². The SMILES string of the molecule is CCCC[SH]1C=NN=C1CS(=O)(=O)c1ccc(Cl)cc1. The number of rotatable bonds is 6. The summed E-state index contributed by atoms with van der Waals surface area (Å²) in [7, 11) is -3.99. The van der Waals surface area contributed by atoms with Gasteiger partial charge in [-0.2, -0.15) is 16.0 Å². The Kier molecular flexibility index (Phi) is 5.23. The molecule has 0 aliphatic carbocycles. The number of halogens is 1. The molecule has 0 saturated carbocycles. The van der Waals surface area contributed by atoms with Crippen LogP contribution in [0.25, 0.3) is 0 Å². The van der Waals surface area contributed by atoms with Crippen molar-refractivity contribution in [1.29, 1.82) is 0 Å². The first-order valence-electron chi connectivity index (χ1n) is 6.38. The largest absolute Gasteiger partial charge is 0.223 e. The Bertz CT molecular complexity index is 624. The third-order valence-corrected chi connectivity index (χ3v) is 7.14. The van der Waals surface area contributed by atoms with Gasteiger partial charge in [0.1, 0.15) is 5.75 Å². The summed E-state index contributed by atoms with van der Waals surface area (Å²) in [4.78, 5) is 0.280. The second kappa shape index (κ2) is 6.74. The molecule has 1 aromatic rings. The number of sulfone groups is 1. The van der Waals surface area contributed by atoms with Gasteiger partial charge < -0.3 is 0 Å². The molecule has 1 unspecified atom stereocenters. The van der Waals surface area contributed by atoms with Gasteiger partial charge in [0.25, 0.3) is 0 Å². The fourth-order valence-electron chi connectivity index (χ4n) is 1.80. The smallest absolute Gasteiger partial charge is 0.184 e. The fourth-order valence-corrected chi connectivity index (χ4v) is 5.72. The Morgan fingerprint density at radius 2 is 1.95 bits per heavy atom. The lowest BCUT2D eigenvalue weighted by Gasteiger charge is -2.14. The molecule has 1 aromatic carbocycles. The van der Waals surface area contributed by atoms with Crippen LogP contribution in [0.1, 0.15) is 19.8 Å². The third kappa shape index (κ3) is 3.84. The monoisotopic (exact) mass is 332 g/mol. The molecule has 4 nitrogen and oxygen atoms in total. The lowest BCUT2D eigenvalue weighted by atomic mass is 10.4. The van der Waals surface area contributed by atoms with Crippen LogP contribution in [0.15, 0.2) is 39.4 Å². The van der Waals surface area contributed by atoms with Crippen molar-refractivity contribution in [2.24, 2.45) is 10.2 Å². The van der Waals surface area contributed by atoms with E-state index in [1.54, 1.807) is 17.7 Å². The van der Waals surface area contributed by atoms with Gasteiger partial charge in [0.2, 0.25) is 0 Å². The first-order chi connectivity index (χ1) is 9.53. The van der Waals surface area contributed by atoms with Gasteiger partial charge in [0.15, 0.2) is 9.84 Å². The highest BCUT2D eigenvalue weighted by atomic mass is 35.5. The zero-order valence-corrected chi connectivity index (χ0v) is 13.6. The van der Waals surface area contributed by atoms with Gasteiger partial charge in [0, 0.05) is 5.02 Å². The van der Waals surface area contributed by atoms with Crippen molar-refractivity contribution >= 4 is 42.9 Å². The quantitative estimate of drug-likeness (QED) is 0.813. The first-order valence-corrected chi connectivity index (χ1v) is 10.0. The van der Waals surface area contributed by atoms with Crippen LogP contribution >= 0.6 is 22.5 Å². The van der Waals surface area contributed by atoms with E-state index in [2.05, 4.69) is 17.1 Å². The number of hydrogen-bond donors (Lipinski definition) is 1. The molecular weight excluding hydrogens is 316 g/mol. The molecule has 0 N–H and O–H groups in total. The minimum absolute atomic E-state index is 0.0515. The Labute approximate surface area is 127 Å². The van der Waals surface area contributed by atoms with Crippen LogP contribution in [0.5, 0.6) is 0 Å². The maximum Gasteiger partial charge on any atom is 0.184 e. The highest BCUT2D eigenvalue weighted by molar-refractivity contribution is 8.40. The van der Waals surface area contributed by atoms with E-state index in [1.807, 2.05) is 0 Å². The molecule has 0 fully saturated rings. The summed E-state index contributed by atoms with van der Waals surface area (Å²) in [5.41, 5.74) is 1.80. The van der Waals surface area contributed by atoms with Crippen LogP contribution in [0.4, 0.5) is 0 Å². The van der Waals surface area contributed by atoms with Crippen molar-refractivity contribution < 1.29 is 8.42 Å². The molecule has 2 rings (SSSR count). The Balaban J connectivity index is 2.10. The molecule has 1 atom stereocenters. The van der Waals surface area contributed by atoms with E-state index >= 15 is 0 Å². The first kappa shape index (κ1) is 15.5. The van der Waals surface area contributed by atoms with Crippen LogP contribution in [0, 0.1) is 0 Å². The second-order valence-corrected chi connectivity index (χ2v) is 9.07. The predicted molar refractivity (Wildman–Crippen MR) is 88.2 cm³/mol. The summed E-state index contributed by atoms with van der Waals surface area (Å²) in [6, 6.07) is 6.23. The molecule has 0 spiro atoms. The summed E-state index contributed by atoms with van der Waals surface area (Å²) < 4.78 is 24.7. The van der Waals surface area contributed by atoms with Gasteiger partial charge >= 0.3 is 0 Å². The van der Waals surface area contributed by atoms with E-state index in [9.17, 15) is 8.42 Å². The summed E-state index contributed by atoms with van der Waals surface area (Å²) >= 11 is 5.78. The van der Waals surface area contributed by atoms with Crippen LogP contribution in [0.3, 0.4) is 0 Å². The predicted octanol–water partition coefficient (Wildman–Crippen LogP) is 3.27. The van der Waals surface area contributed by atoms with Crippen molar-refractivity contribution in [2.45, 2.75) is 24.7 Å². The number of unbranched alkanes of at least 4 members (excludes halogenated alkanes) is 1. The van der Waals surface area contributed by atoms with Gasteiger partial charge in [-0.3, -0.25) is 0 Å². The van der Waals surface area contributed by atoms with E-state index < -0.39 is 20.7 Å². The third-order valence-electron chi connectivity index (χ3n) is 2.94. The zero-order chi connectivity index (χ0) is 14.6. The van der Waals surface area contributed by atoms with Crippen LogP contribution in [-0.4, -0.2) is 30.5 Å². The standard InChI is InChI=1S/C13H17ClN2O2S2/c1-2-3-8-19-10-15-16-13(19)9-20(17,18)12-6-4-11(14)5-7-12/h4-7,10,19H,2-3,8-9H2,1H3. The Hall–Kier alpha value is -0.850. The maximum absolute atomic E-state index is 12.3. The van der Waals surface area contributed by atoms with Gasteiger partial charge in [0.05, 0.1) is 15.5 Å². The molecule has 0 amide bonds. The summed E-state index contributed by atoms with van der Waals surface area (Å²) in [5, 5.41) is 9.13. The van der Waals surface area contributed by atoms with E-state index in [1.165, 1.54) is 12.1 Å². The van der Waals surface area contributed by atoms with Gasteiger partial charge in [-0.15, -0.1) is 5.10 Å². The van der Waals surface area contributed by atoms with Crippen molar-refractivity contribution in [3.05, 3.63) is 29.3 Å². The molecule has 1 aliphatic heterocycles. The van der Waals surface area contributed by atoms with Gasteiger partial charge in [-0.1, -0.05) is 24.9 Å². The minimum Gasteiger partial charge on any atom is -0.223 e. The van der Waals surface area contributed by atoms with Crippen LogP contribution in [0.2, 0.25) is 5.02 Å².